The van der Waals surface area contributed by atoms with Gasteiger partial charge in [0.2, 0.25) is 0 Å². The van der Waals surface area contributed by atoms with E-state index in [0.717, 1.165) is 11.4 Å². The number of hydrogen-bond donors (Lipinski definition) is 1. The Labute approximate surface area is 163 Å². The van der Waals surface area contributed by atoms with Crippen LogP contribution in [0.5, 0.6) is 0 Å². The van der Waals surface area contributed by atoms with E-state index in [1.54, 1.807) is 4.90 Å². The third-order valence-corrected chi connectivity index (χ3v) is 5.01. The first-order valence-corrected chi connectivity index (χ1v) is 9.95. The summed E-state index contributed by atoms with van der Waals surface area (Å²) in [5, 5.41) is 5.57. The number of likely N-dealkylation sites (tertiary alicyclic amines) is 1. The van der Waals surface area contributed by atoms with E-state index in [2.05, 4.69) is 22.4 Å². The monoisotopic (exact) mass is 387 g/mol. The zero-order valence-electron chi connectivity index (χ0n) is 15.9. The summed E-state index contributed by atoms with van der Waals surface area (Å²) in [4.78, 5) is 30.8. The molecule has 0 aliphatic carbocycles. The second kappa shape index (κ2) is 8.08. The molecule has 0 bridgehead atoms. The van der Waals surface area contributed by atoms with Crippen LogP contribution in [0.25, 0.3) is 0 Å². The van der Waals surface area contributed by atoms with Gasteiger partial charge in [-0.2, -0.15) is 0 Å². The van der Waals surface area contributed by atoms with E-state index in [1.807, 2.05) is 44.4 Å². The Morgan fingerprint density at radius 2 is 2.04 bits per heavy atom. The van der Waals surface area contributed by atoms with E-state index in [0.29, 0.717) is 25.2 Å². The molecule has 0 radical (unpaired) electrons. The van der Waals surface area contributed by atoms with E-state index >= 15 is 0 Å². The first-order chi connectivity index (χ1) is 12.8. The van der Waals surface area contributed by atoms with Crippen molar-refractivity contribution in [3.8, 4) is 0 Å². The Hall–Kier alpha value is -2.41. The molecule has 144 valence electrons. The molecule has 3 rings (SSSR count). The van der Waals surface area contributed by atoms with Crippen molar-refractivity contribution >= 4 is 23.3 Å². The van der Waals surface area contributed by atoms with Crippen LogP contribution >= 0.6 is 11.3 Å². The fourth-order valence-electron chi connectivity index (χ4n) is 2.96. The van der Waals surface area contributed by atoms with Gasteiger partial charge in [0.25, 0.3) is 5.91 Å². The van der Waals surface area contributed by atoms with E-state index in [1.165, 1.54) is 16.9 Å². The molecule has 2 aromatic rings. The number of aromatic nitrogens is 1. The van der Waals surface area contributed by atoms with E-state index < -0.39 is 11.7 Å². The fraction of sp³-hybridized carbons (Fsp3) is 0.450. The van der Waals surface area contributed by atoms with Gasteiger partial charge in [-0.05, 0) is 32.8 Å². The lowest BCUT2D eigenvalue weighted by molar-refractivity contribution is 0.0502. The maximum Gasteiger partial charge on any atom is 0.407 e. The summed E-state index contributed by atoms with van der Waals surface area (Å²) in [5.74, 6) is -0.0842. The molecule has 2 heterocycles. The van der Waals surface area contributed by atoms with Crippen LogP contribution in [0.1, 0.15) is 48.3 Å². The predicted octanol–water partition coefficient (Wildman–Crippen LogP) is 3.47. The average molecular weight is 388 g/mol. The molecule has 1 saturated heterocycles. The largest absolute Gasteiger partial charge is 0.444 e. The highest BCUT2D eigenvalue weighted by Gasteiger charge is 2.30. The van der Waals surface area contributed by atoms with E-state index in [9.17, 15) is 9.59 Å². The third kappa shape index (κ3) is 5.53. The number of carbonyl (C=O) groups excluding carboxylic acids is 2. The van der Waals surface area contributed by atoms with Crippen molar-refractivity contribution in [1.82, 2.24) is 15.2 Å². The van der Waals surface area contributed by atoms with Crippen LogP contribution in [0, 0.1) is 0 Å². The lowest BCUT2D eigenvalue weighted by Crippen LogP contribution is -2.41. The van der Waals surface area contributed by atoms with Gasteiger partial charge in [0.15, 0.2) is 0 Å². The third-order valence-electron chi connectivity index (χ3n) is 4.17. The van der Waals surface area contributed by atoms with Gasteiger partial charge in [-0.3, -0.25) is 4.79 Å². The van der Waals surface area contributed by atoms with Crippen LogP contribution < -0.4 is 5.32 Å². The van der Waals surface area contributed by atoms with Gasteiger partial charge in [-0.25, -0.2) is 9.78 Å². The molecule has 1 aromatic heterocycles. The van der Waals surface area contributed by atoms with E-state index in [-0.39, 0.29) is 11.9 Å². The highest BCUT2D eigenvalue weighted by molar-refractivity contribution is 7.09. The summed E-state index contributed by atoms with van der Waals surface area (Å²) in [6, 6.07) is 9.99. The first-order valence-electron chi connectivity index (χ1n) is 9.07. The van der Waals surface area contributed by atoms with Crippen LogP contribution in [-0.2, 0) is 11.2 Å². The maximum atomic E-state index is 12.7. The first kappa shape index (κ1) is 19.4. The Balaban J connectivity index is 1.54. The molecule has 6 nitrogen and oxygen atoms in total. The van der Waals surface area contributed by atoms with Crippen LogP contribution in [0.4, 0.5) is 4.79 Å². The van der Waals surface area contributed by atoms with Gasteiger partial charge in [0.1, 0.15) is 11.3 Å². The quantitative estimate of drug-likeness (QED) is 0.872. The Bertz CT molecular complexity index is 798. The Morgan fingerprint density at radius 1 is 1.30 bits per heavy atom. The number of alkyl carbamates (subject to hydrolysis) is 1. The molecule has 0 saturated carbocycles. The second-order valence-corrected chi connectivity index (χ2v) is 8.61. The molecule has 1 fully saturated rings. The maximum absolute atomic E-state index is 12.7. The molecule has 1 aliphatic heterocycles. The van der Waals surface area contributed by atoms with Crippen LogP contribution in [0.15, 0.2) is 35.7 Å². The van der Waals surface area contributed by atoms with Crippen LogP contribution in [-0.4, -0.2) is 46.6 Å². The molecule has 0 unspecified atom stereocenters. The summed E-state index contributed by atoms with van der Waals surface area (Å²) in [6.45, 7) is 6.56. The molecular formula is C20H25N3O3S. The number of nitrogens with zero attached hydrogens (tertiary/aromatic N) is 2. The van der Waals surface area contributed by atoms with Crippen molar-refractivity contribution in [1.29, 1.82) is 0 Å². The van der Waals surface area contributed by atoms with Crippen molar-refractivity contribution in [3.05, 3.63) is 52.0 Å². The highest BCUT2D eigenvalue weighted by Crippen LogP contribution is 2.19. The summed E-state index contributed by atoms with van der Waals surface area (Å²) in [7, 11) is 0. The lowest BCUT2D eigenvalue weighted by atomic mass is 10.2. The van der Waals surface area contributed by atoms with Gasteiger partial charge in [0.05, 0.1) is 11.0 Å². The number of amides is 2. The van der Waals surface area contributed by atoms with E-state index in [4.69, 9.17) is 4.74 Å². The van der Waals surface area contributed by atoms with Gasteiger partial charge < -0.3 is 15.0 Å². The molecule has 1 aliphatic rings. The molecule has 1 atom stereocenters. The number of hydrogen-bond acceptors (Lipinski definition) is 5. The zero-order chi connectivity index (χ0) is 19.4. The van der Waals surface area contributed by atoms with Crippen molar-refractivity contribution in [2.24, 2.45) is 0 Å². The summed E-state index contributed by atoms with van der Waals surface area (Å²) in [6.07, 6.45) is 0.994. The van der Waals surface area contributed by atoms with Crippen molar-refractivity contribution in [2.75, 3.05) is 13.1 Å². The standard InChI is InChI=1S/C20H25N3O3S/c1-20(2,3)26-19(25)21-15-9-10-23(12-15)18(24)16-13-27-17(22-16)11-14-7-5-4-6-8-14/h4-8,13,15H,9-12H2,1-3H3,(H,21,25)/t15-/m1/s1. The second-order valence-electron chi connectivity index (χ2n) is 7.67. The number of nitrogens with one attached hydrogen (secondary N) is 1. The molecule has 27 heavy (non-hydrogen) atoms. The number of ether oxygens (including phenoxy) is 1. The van der Waals surface area contributed by atoms with Gasteiger partial charge in [-0.15, -0.1) is 11.3 Å². The van der Waals surface area contributed by atoms with Gasteiger partial charge in [0, 0.05) is 24.9 Å². The number of benzene rings is 1. The Kier molecular flexibility index (Phi) is 5.79. The molecule has 0 spiro atoms. The van der Waals surface area contributed by atoms with Crippen LogP contribution in [0.2, 0.25) is 0 Å². The van der Waals surface area contributed by atoms with Crippen molar-refractivity contribution < 1.29 is 14.3 Å². The Morgan fingerprint density at radius 3 is 2.74 bits per heavy atom. The molecule has 1 N–H and O–H groups in total. The van der Waals surface area contributed by atoms with Crippen LogP contribution in [0.3, 0.4) is 0 Å². The fourth-order valence-corrected chi connectivity index (χ4v) is 3.76. The number of carbonyl (C=O) groups is 2. The predicted molar refractivity (Wildman–Crippen MR) is 105 cm³/mol. The molecule has 7 heteroatoms. The SMILES string of the molecule is CC(C)(C)OC(=O)N[C@@H]1CCN(C(=O)c2csc(Cc3ccccc3)n2)C1. The summed E-state index contributed by atoms with van der Waals surface area (Å²) < 4.78 is 5.28. The van der Waals surface area contributed by atoms with Gasteiger partial charge in [-0.1, -0.05) is 30.3 Å². The zero-order valence-corrected chi connectivity index (χ0v) is 16.7. The minimum atomic E-state index is -0.534. The smallest absolute Gasteiger partial charge is 0.407 e. The van der Waals surface area contributed by atoms with Crippen molar-refractivity contribution in [2.45, 2.75) is 45.3 Å². The normalized spacial score (nSPS) is 17.0. The molecule has 2 amide bonds. The minimum Gasteiger partial charge on any atom is -0.444 e. The average Bonchev–Trinajstić information content (AvgIpc) is 3.23. The number of thiazole rings is 1. The number of rotatable bonds is 4. The summed E-state index contributed by atoms with van der Waals surface area (Å²) in [5.41, 5.74) is 1.12. The molecule has 1 aromatic carbocycles. The summed E-state index contributed by atoms with van der Waals surface area (Å²) >= 11 is 1.50. The molecular weight excluding hydrogens is 362 g/mol. The highest BCUT2D eigenvalue weighted by atomic mass is 32.1. The minimum absolute atomic E-state index is 0.0842. The lowest BCUT2D eigenvalue weighted by Gasteiger charge is -2.22. The topological polar surface area (TPSA) is 71.5 Å². The van der Waals surface area contributed by atoms with Crippen molar-refractivity contribution in [3.63, 3.8) is 0 Å². The van der Waals surface area contributed by atoms with Gasteiger partial charge >= 0.3 is 6.09 Å².